The second-order valence-corrected chi connectivity index (χ2v) is 5.49. The molecule has 0 aromatic heterocycles. The Morgan fingerprint density at radius 2 is 1.95 bits per heavy atom. The Balaban J connectivity index is 2.21. The fourth-order valence-electron chi connectivity index (χ4n) is 3.09. The van der Waals surface area contributed by atoms with Gasteiger partial charge >= 0.3 is 5.97 Å². The van der Waals surface area contributed by atoms with Gasteiger partial charge in [0.1, 0.15) is 6.04 Å². The van der Waals surface area contributed by atoms with Crippen molar-refractivity contribution in [2.45, 2.75) is 45.2 Å². The number of fused-ring (bicyclic) bond motifs is 1. The number of aliphatic carboxylic acids is 1. The fourth-order valence-corrected chi connectivity index (χ4v) is 3.09. The Hall–Kier alpha value is -1.59. The minimum Gasteiger partial charge on any atom is -0.480 e. The first kappa shape index (κ1) is 13.8. The van der Waals surface area contributed by atoms with Crippen molar-refractivity contribution < 1.29 is 19.5 Å². The van der Waals surface area contributed by atoms with E-state index in [9.17, 15) is 19.5 Å². The van der Waals surface area contributed by atoms with E-state index in [0.717, 1.165) is 0 Å². The molecule has 0 radical (unpaired) electrons. The average molecular weight is 268 g/mol. The molecule has 2 amide bonds. The Bertz CT molecular complexity index is 409. The number of carbonyl (C=O) groups is 3. The molecule has 0 aromatic carbocycles. The smallest absolute Gasteiger partial charge is 0.326 e. The van der Waals surface area contributed by atoms with E-state index in [-0.39, 0.29) is 23.8 Å². The molecule has 6 heteroatoms. The van der Waals surface area contributed by atoms with Crippen molar-refractivity contribution in [2.24, 2.45) is 5.92 Å². The normalized spacial score (nSPS) is 31.7. The zero-order valence-corrected chi connectivity index (χ0v) is 11.3. The van der Waals surface area contributed by atoms with E-state index in [1.54, 1.807) is 16.7 Å². The molecule has 2 aliphatic rings. The number of hydrogen-bond acceptors (Lipinski definition) is 3. The van der Waals surface area contributed by atoms with Crippen molar-refractivity contribution in [3.8, 4) is 0 Å². The van der Waals surface area contributed by atoms with Crippen molar-refractivity contribution in [3.05, 3.63) is 0 Å². The van der Waals surface area contributed by atoms with Gasteiger partial charge in [0, 0.05) is 26.1 Å². The van der Waals surface area contributed by atoms with E-state index >= 15 is 0 Å². The summed E-state index contributed by atoms with van der Waals surface area (Å²) in [6, 6.07) is -0.734. The van der Waals surface area contributed by atoms with Crippen LogP contribution in [-0.2, 0) is 14.4 Å². The molecule has 0 saturated carbocycles. The van der Waals surface area contributed by atoms with Gasteiger partial charge in [0.2, 0.25) is 11.8 Å². The lowest BCUT2D eigenvalue weighted by molar-refractivity contribution is -0.153. The molecule has 2 rings (SSSR count). The number of carboxylic acid groups (broad SMARTS) is 1. The number of amides is 2. The van der Waals surface area contributed by atoms with Gasteiger partial charge in [-0.1, -0.05) is 6.92 Å². The second-order valence-electron chi connectivity index (χ2n) is 5.49. The molecule has 106 valence electrons. The van der Waals surface area contributed by atoms with Crippen molar-refractivity contribution >= 4 is 17.8 Å². The fraction of sp³-hybridized carbons (Fsp3) is 0.769. The number of nitrogens with zero attached hydrogens (tertiary/aromatic N) is 2. The molecule has 2 heterocycles. The van der Waals surface area contributed by atoms with Gasteiger partial charge < -0.3 is 14.9 Å². The SMILES string of the molecule is CC(=O)N1CC[C@H]2CC[C@@H](C(=O)O)N2C(=O)[C@@H](C)C1. The Morgan fingerprint density at radius 3 is 2.53 bits per heavy atom. The second kappa shape index (κ2) is 5.19. The molecule has 2 aliphatic heterocycles. The molecule has 0 aliphatic carbocycles. The summed E-state index contributed by atoms with van der Waals surface area (Å²) in [7, 11) is 0. The van der Waals surface area contributed by atoms with E-state index in [1.165, 1.54) is 6.92 Å². The van der Waals surface area contributed by atoms with Gasteiger partial charge in [0.15, 0.2) is 0 Å². The highest BCUT2D eigenvalue weighted by Crippen LogP contribution is 2.30. The lowest BCUT2D eigenvalue weighted by Gasteiger charge is -2.36. The third kappa shape index (κ3) is 2.57. The monoisotopic (exact) mass is 268 g/mol. The average Bonchev–Trinajstić information content (AvgIpc) is 2.74. The third-order valence-corrected chi connectivity index (χ3v) is 4.14. The lowest BCUT2D eigenvalue weighted by atomic mass is 10.0. The number of hydrogen-bond donors (Lipinski definition) is 1. The van der Waals surface area contributed by atoms with Crippen molar-refractivity contribution in [1.29, 1.82) is 0 Å². The topological polar surface area (TPSA) is 77.9 Å². The highest BCUT2D eigenvalue weighted by atomic mass is 16.4. The summed E-state index contributed by atoms with van der Waals surface area (Å²) < 4.78 is 0. The van der Waals surface area contributed by atoms with Gasteiger partial charge in [-0.15, -0.1) is 0 Å². The predicted octanol–water partition coefficient (Wildman–Crippen LogP) is 0.319. The van der Waals surface area contributed by atoms with Gasteiger partial charge in [-0.25, -0.2) is 4.79 Å². The number of carbonyl (C=O) groups excluding carboxylic acids is 2. The van der Waals surface area contributed by atoms with E-state index in [0.29, 0.717) is 32.4 Å². The van der Waals surface area contributed by atoms with Crippen molar-refractivity contribution in [3.63, 3.8) is 0 Å². The van der Waals surface area contributed by atoms with E-state index in [1.807, 2.05) is 0 Å². The molecule has 0 unspecified atom stereocenters. The van der Waals surface area contributed by atoms with Crippen LogP contribution in [0.4, 0.5) is 0 Å². The molecule has 6 nitrogen and oxygen atoms in total. The summed E-state index contributed by atoms with van der Waals surface area (Å²) in [5, 5.41) is 9.20. The first-order valence-corrected chi connectivity index (χ1v) is 6.72. The summed E-state index contributed by atoms with van der Waals surface area (Å²) in [4.78, 5) is 38.3. The summed E-state index contributed by atoms with van der Waals surface area (Å²) >= 11 is 0. The van der Waals surface area contributed by atoms with Crippen LogP contribution >= 0.6 is 0 Å². The van der Waals surface area contributed by atoms with Gasteiger partial charge in [0.25, 0.3) is 0 Å². The molecule has 3 atom stereocenters. The maximum atomic E-state index is 12.4. The quantitative estimate of drug-likeness (QED) is 0.743. The molecule has 0 bridgehead atoms. The molecule has 1 N–H and O–H groups in total. The third-order valence-electron chi connectivity index (χ3n) is 4.14. The molecule has 2 fully saturated rings. The van der Waals surface area contributed by atoms with E-state index in [2.05, 4.69) is 0 Å². The summed E-state index contributed by atoms with van der Waals surface area (Å²) in [6.07, 6.45) is 1.89. The highest BCUT2D eigenvalue weighted by molar-refractivity contribution is 5.86. The van der Waals surface area contributed by atoms with Gasteiger partial charge in [-0.3, -0.25) is 9.59 Å². The zero-order chi connectivity index (χ0) is 14.2. The summed E-state index contributed by atoms with van der Waals surface area (Å²) in [5.41, 5.74) is 0. The van der Waals surface area contributed by atoms with Crippen LogP contribution in [0, 0.1) is 5.92 Å². The highest BCUT2D eigenvalue weighted by Gasteiger charge is 2.43. The van der Waals surface area contributed by atoms with E-state index in [4.69, 9.17) is 0 Å². The van der Waals surface area contributed by atoms with Crippen LogP contribution in [0.1, 0.15) is 33.1 Å². The van der Waals surface area contributed by atoms with Crippen LogP contribution in [0.2, 0.25) is 0 Å². The van der Waals surface area contributed by atoms with Gasteiger partial charge in [-0.05, 0) is 19.3 Å². The molecular formula is C13H20N2O4. The first-order chi connectivity index (χ1) is 8.91. The van der Waals surface area contributed by atoms with Crippen LogP contribution in [0.5, 0.6) is 0 Å². The van der Waals surface area contributed by atoms with Crippen molar-refractivity contribution in [1.82, 2.24) is 9.80 Å². The van der Waals surface area contributed by atoms with Crippen LogP contribution in [-0.4, -0.2) is 57.9 Å². The summed E-state index contributed by atoms with van der Waals surface area (Å²) in [5.74, 6) is -1.43. The molecule has 0 spiro atoms. The molecule has 0 aromatic rings. The molecular weight excluding hydrogens is 248 g/mol. The number of carboxylic acids is 1. The van der Waals surface area contributed by atoms with Gasteiger partial charge in [0.05, 0.1) is 5.92 Å². The lowest BCUT2D eigenvalue weighted by Crippen LogP contribution is -2.52. The minimum absolute atomic E-state index is 0.0270. The van der Waals surface area contributed by atoms with Crippen LogP contribution in [0.25, 0.3) is 0 Å². The van der Waals surface area contributed by atoms with Crippen LogP contribution < -0.4 is 0 Å². The Kier molecular flexibility index (Phi) is 3.78. The number of rotatable bonds is 1. The van der Waals surface area contributed by atoms with Gasteiger partial charge in [-0.2, -0.15) is 0 Å². The maximum absolute atomic E-state index is 12.4. The Morgan fingerprint density at radius 1 is 1.26 bits per heavy atom. The molecule has 19 heavy (non-hydrogen) atoms. The Labute approximate surface area is 112 Å². The predicted molar refractivity (Wildman–Crippen MR) is 67.3 cm³/mol. The van der Waals surface area contributed by atoms with Crippen LogP contribution in [0.15, 0.2) is 0 Å². The first-order valence-electron chi connectivity index (χ1n) is 6.72. The zero-order valence-electron chi connectivity index (χ0n) is 11.3. The minimum atomic E-state index is -0.924. The van der Waals surface area contributed by atoms with Crippen LogP contribution in [0.3, 0.4) is 0 Å². The maximum Gasteiger partial charge on any atom is 0.326 e. The summed E-state index contributed by atoms with van der Waals surface area (Å²) in [6.45, 7) is 4.24. The van der Waals surface area contributed by atoms with Crippen molar-refractivity contribution in [2.75, 3.05) is 13.1 Å². The largest absolute Gasteiger partial charge is 0.480 e. The van der Waals surface area contributed by atoms with E-state index < -0.39 is 12.0 Å². The standard InChI is InChI=1S/C13H20N2O4/c1-8-7-14(9(2)16)6-5-10-3-4-11(13(18)19)15(10)12(8)17/h8,10-11H,3-7H2,1-2H3,(H,18,19)/t8-,10+,11-/m0/s1. The molecule has 2 saturated heterocycles.